The Labute approximate surface area is 179 Å². The second-order valence-corrected chi connectivity index (χ2v) is 7.64. The Balaban J connectivity index is 1.37. The lowest BCUT2D eigenvalue weighted by Crippen LogP contribution is -2.56. The van der Waals surface area contributed by atoms with Crippen molar-refractivity contribution in [1.82, 2.24) is 4.98 Å². The minimum atomic E-state index is -0.282. The molecule has 0 spiro atoms. The molecule has 2 aromatic carbocycles. The molecule has 3 aromatic rings. The lowest BCUT2D eigenvalue weighted by molar-refractivity contribution is -0.123. The van der Waals surface area contributed by atoms with Crippen molar-refractivity contribution in [3.05, 3.63) is 72.3 Å². The van der Waals surface area contributed by atoms with Crippen LogP contribution in [0, 0.1) is 23.1 Å². The average molecular weight is 414 g/mol. The zero-order valence-corrected chi connectivity index (χ0v) is 16.7. The minimum Gasteiger partial charge on any atom is -0.489 e. The first-order chi connectivity index (χ1) is 15.1. The second kappa shape index (κ2) is 7.73. The van der Waals surface area contributed by atoms with E-state index < -0.39 is 0 Å². The number of anilines is 2. The average Bonchev–Trinajstić information content (AvgIpc) is 2.77. The van der Waals surface area contributed by atoms with Gasteiger partial charge in [-0.1, -0.05) is 18.2 Å². The van der Waals surface area contributed by atoms with Crippen LogP contribution in [0.1, 0.15) is 5.56 Å². The minimum absolute atomic E-state index is 0.0241. The number of aromatic nitrogens is 1. The van der Waals surface area contributed by atoms with E-state index in [0.717, 1.165) is 16.8 Å². The van der Waals surface area contributed by atoms with Gasteiger partial charge in [0.15, 0.2) is 5.75 Å². The Hall–Kier alpha value is -3.92. The first-order valence-electron chi connectivity index (χ1n) is 10.1. The Morgan fingerprint density at radius 2 is 1.97 bits per heavy atom. The third-order valence-electron chi connectivity index (χ3n) is 5.72. The zero-order valence-electron chi connectivity index (χ0n) is 16.7. The number of carbonyl (C=O) groups is 1. The molecule has 0 atom stereocenters. The third kappa shape index (κ3) is 3.46. The fourth-order valence-electron chi connectivity index (χ4n) is 4.04. The van der Waals surface area contributed by atoms with Crippen LogP contribution >= 0.6 is 0 Å². The van der Waals surface area contributed by atoms with E-state index >= 15 is 0 Å². The highest BCUT2D eigenvalue weighted by Crippen LogP contribution is 2.41. The van der Waals surface area contributed by atoms with Gasteiger partial charge in [0.1, 0.15) is 18.1 Å². The second-order valence-electron chi connectivity index (χ2n) is 7.64. The number of hydrogen-bond acceptors (Lipinski definition) is 5. The van der Waals surface area contributed by atoms with Crippen LogP contribution in [-0.2, 0) is 4.79 Å². The molecule has 3 heterocycles. The molecule has 1 aromatic heterocycles. The molecular formula is C24H19FN4O2. The molecule has 2 aliphatic rings. The number of benzene rings is 2. The summed E-state index contributed by atoms with van der Waals surface area (Å²) in [5, 5.41) is 9.02. The monoisotopic (exact) mass is 414 g/mol. The fraction of sp³-hybridized carbons (Fsp3) is 0.208. The molecule has 7 heteroatoms. The molecule has 0 N–H and O–H groups in total. The Kier molecular flexibility index (Phi) is 4.75. The summed E-state index contributed by atoms with van der Waals surface area (Å²) in [5.74, 6) is 0.208. The lowest BCUT2D eigenvalue weighted by Gasteiger charge is -2.43. The van der Waals surface area contributed by atoms with Crippen LogP contribution < -0.4 is 14.5 Å². The Morgan fingerprint density at radius 3 is 2.71 bits per heavy atom. The van der Waals surface area contributed by atoms with Crippen molar-refractivity contribution in [3.63, 3.8) is 0 Å². The van der Waals surface area contributed by atoms with Crippen LogP contribution in [0.3, 0.4) is 0 Å². The van der Waals surface area contributed by atoms with Gasteiger partial charge < -0.3 is 14.5 Å². The number of nitrogens with zero attached hydrogens (tertiary/aromatic N) is 4. The number of amides is 1. The number of fused-ring (bicyclic) bond motifs is 1. The first kappa shape index (κ1) is 19.1. The highest BCUT2D eigenvalue weighted by atomic mass is 19.1. The fourth-order valence-corrected chi connectivity index (χ4v) is 4.04. The van der Waals surface area contributed by atoms with Crippen LogP contribution in [0.4, 0.5) is 15.8 Å². The van der Waals surface area contributed by atoms with Crippen LogP contribution in [0.2, 0.25) is 0 Å². The smallest absolute Gasteiger partial charge is 0.233 e. The van der Waals surface area contributed by atoms with Crippen LogP contribution in [-0.4, -0.2) is 37.1 Å². The highest BCUT2D eigenvalue weighted by Gasteiger charge is 2.38. The van der Waals surface area contributed by atoms with Crippen molar-refractivity contribution in [2.75, 3.05) is 36.0 Å². The van der Waals surface area contributed by atoms with E-state index in [9.17, 15) is 9.18 Å². The lowest BCUT2D eigenvalue weighted by atomic mass is 9.96. The van der Waals surface area contributed by atoms with Gasteiger partial charge in [-0.25, -0.2) is 4.39 Å². The Bertz CT molecular complexity index is 1180. The summed E-state index contributed by atoms with van der Waals surface area (Å²) in [7, 11) is 0. The van der Waals surface area contributed by atoms with Crippen molar-refractivity contribution in [2.24, 2.45) is 5.92 Å². The maximum atomic E-state index is 13.5. The molecule has 0 aliphatic carbocycles. The van der Waals surface area contributed by atoms with Crippen molar-refractivity contribution in [1.29, 1.82) is 5.26 Å². The van der Waals surface area contributed by atoms with E-state index in [1.807, 2.05) is 23.1 Å². The predicted octanol–water partition coefficient (Wildman–Crippen LogP) is 3.62. The highest BCUT2D eigenvalue weighted by molar-refractivity contribution is 5.99. The molecule has 2 aliphatic heterocycles. The molecule has 0 unspecified atom stereocenters. The van der Waals surface area contributed by atoms with E-state index in [0.29, 0.717) is 43.2 Å². The molecule has 5 rings (SSSR count). The maximum absolute atomic E-state index is 13.5. The van der Waals surface area contributed by atoms with Gasteiger partial charge >= 0.3 is 0 Å². The zero-order chi connectivity index (χ0) is 21.4. The van der Waals surface area contributed by atoms with E-state index in [1.165, 1.54) is 12.1 Å². The van der Waals surface area contributed by atoms with Gasteiger partial charge in [-0.05, 0) is 35.9 Å². The van der Waals surface area contributed by atoms with Crippen LogP contribution in [0.5, 0.6) is 5.75 Å². The Morgan fingerprint density at radius 1 is 1.16 bits per heavy atom. The van der Waals surface area contributed by atoms with Crippen LogP contribution in [0.25, 0.3) is 11.1 Å². The van der Waals surface area contributed by atoms with Gasteiger partial charge in [-0.15, -0.1) is 0 Å². The molecule has 154 valence electrons. The van der Waals surface area contributed by atoms with Gasteiger partial charge in [0.05, 0.1) is 30.3 Å². The van der Waals surface area contributed by atoms with E-state index in [1.54, 1.807) is 35.5 Å². The molecule has 0 bridgehead atoms. The summed E-state index contributed by atoms with van der Waals surface area (Å²) in [5.41, 5.74) is 3.68. The molecule has 1 amide bonds. The summed E-state index contributed by atoms with van der Waals surface area (Å²) in [6.45, 7) is 1.96. The first-order valence-corrected chi connectivity index (χ1v) is 10.1. The predicted molar refractivity (Wildman–Crippen MR) is 114 cm³/mol. The number of carbonyl (C=O) groups excluding carboxylic acids is 1. The molecule has 0 radical (unpaired) electrons. The van der Waals surface area contributed by atoms with Gasteiger partial charge in [-0.2, -0.15) is 5.26 Å². The quantitative estimate of drug-likeness (QED) is 0.655. The topological polar surface area (TPSA) is 69.5 Å². The van der Waals surface area contributed by atoms with Gasteiger partial charge in [0.2, 0.25) is 5.91 Å². The standard InChI is InChI=1S/C24H19FN4O2/c25-19-2-1-3-20(10-19)28-14-18(15-28)24(30)29-8-9-31-23-21(12-27-13-22(23)29)17-6-4-16(11-26)5-7-17/h1-7,10,12-13,18H,8-9,14-15H2. The summed E-state index contributed by atoms with van der Waals surface area (Å²) < 4.78 is 19.4. The van der Waals surface area contributed by atoms with Gasteiger partial charge in [0.25, 0.3) is 0 Å². The third-order valence-corrected chi connectivity index (χ3v) is 5.72. The largest absolute Gasteiger partial charge is 0.489 e. The number of nitriles is 1. The van der Waals surface area contributed by atoms with Crippen molar-refractivity contribution in [2.45, 2.75) is 0 Å². The summed E-state index contributed by atoms with van der Waals surface area (Å²) in [4.78, 5) is 21.3. The number of rotatable bonds is 3. The summed E-state index contributed by atoms with van der Waals surface area (Å²) >= 11 is 0. The number of ether oxygens (including phenoxy) is 1. The molecule has 31 heavy (non-hydrogen) atoms. The molecule has 6 nitrogen and oxygen atoms in total. The van der Waals surface area contributed by atoms with Crippen LogP contribution in [0.15, 0.2) is 60.9 Å². The van der Waals surface area contributed by atoms with Crippen molar-refractivity contribution in [3.8, 4) is 22.9 Å². The van der Waals surface area contributed by atoms with Crippen molar-refractivity contribution >= 4 is 17.3 Å². The normalized spacial score (nSPS) is 15.5. The maximum Gasteiger partial charge on any atom is 0.233 e. The summed E-state index contributed by atoms with van der Waals surface area (Å²) in [6, 6.07) is 15.7. The number of hydrogen-bond donors (Lipinski definition) is 0. The molecular weight excluding hydrogens is 395 g/mol. The molecule has 1 fully saturated rings. The van der Waals surface area contributed by atoms with Gasteiger partial charge in [-0.3, -0.25) is 9.78 Å². The van der Waals surface area contributed by atoms with E-state index in [2.05, 4.69) is 11.1 Å². The van der Waals surface area contributed by atoms with Crippen molar-refractivity contribution < 1.29 is 13.9 Å². The van der Waals surface area contributed by atoms with Gasteiger partial charge in [0, 0.05) is 30.5 Å². The SMILES string of the molecule is N#Cc1ccc(-c2cncc3c2OCCN3C(=O)C2CN(c3cccc(F)c3)C2)cc1. The summed E-state index contributed by atoms with van der Waals surface area (Å²) in [6.07, 6.45) is 3.37. The number of halogens is 1. The number of pyridine rings is 1. The van der Waals surface area contributed by atoms with E-state index in [-0.39, 0.29) is 17.6 Å². The molecule has 1 saturated heterocycles. The molecule has 0 saturated carbocycles. The van der Waals surface area contributed by atoms with E-state index in [4.69, 9.17) is 10.00 Å².